The SMILES string of the molecule is CCCOCC1C(C=O)C1(C)C. The molecular formula is C10H18O2. The highest BCUT2D eigenvalue weighted by molar-refractivity contribution is 5.61. The molecule has 0 radical (unpaired) electrons. The van der Waals surface area contributed by atoms with Crippen LogP contribution in [0.15, 0.2) is 0 Å². The molecule has 12 heavy (non-hydrogen) atoms. The Balaban J connectivity index is 2.23. The van der Waals surface area contributed by atoms with Crippen LogP contribution in [0.3, 0.4) is 0 Å². The van der Waals surface area contributed by atoms with Crippen molar-refractivity contribution in [3.05, 3.63) is 0 Å². The highest BCUT2D eigenvalue weighted by Gasteiger charge is 2.57. The summed E-state index contributed by atoms with van der Waals surface area (Å²) in [6.45, 7) is 7.93. The van der Waals surface area contributed by atoms with E-state index in [1.807, 2.05) is 0 Å². The maximum Gasteiger partial charge on any atom is 0.124 e. The summed E-state index contributed by atoms with van der Waals surface area (Å²) in [5, 5.41) is 0. The Morgan fingerprint density at radius 1 is 1.50 bits per heavy atom. The highest BCUT2D eigenvalue weighted by atomic mass is 16.5. The number of hydrogen-bond acceptors (Lipinski definition) is 2. The van der Waals surface area contributed by atoms with Crippen LogP contribution in [0, 0.1) is 17.3 Å². The van der Waals surface area contributed by atoms with Gasteiger partial charge in [0.1, 0.15) is 6.29 Å². The summed E-state index contributed by atoms with van der Waals surface area (Å²) in [6, 6.07) is 0. The van der Waals surface area contributed by atoms with Crippen molar-refractivity contribution in [3.8, 4) is 0 Å². The van der Waals surface area contributed by atoms with Crippen LogP contribution in [0.25, 0.3) is 0 Å². The van der Waals surface area contributed by atoms with E-state index < -0.39 is 0 Å². The Labute approximate surface area is 74.3 Å². The molecule has 1 saturated carbocycles. The van der Waals surface area contributed by atoms with Crippen LogP contribution >= 0.6 is 0 Å². The van der Waals surface area contributed by atoms with Gasteiger partial charge in [-0.15, -0.1) is 0 Å². The molecule has 1 fully saturated rings. The topological polar surface area (TPSA) is 26.3 Å². The first-order chi connectivity index (χ1) is 5.64. The van der Waals surface area contributed by atoms with Crippen molar-refractivity contribution in [2.24, 2.45) is 17.3 Å². The van der Waals surface area contributed by atoms with Gasteiger partial charge in [-0.1, -0.05) is 20.8 Å². The molecule has 2 nitrogen and oxygen atoms in total. The van der Waals surface area contributed by atoms with E-state index in [4.69, 9.17) is 4.74 Å². The molecule has 0 heterocycles. The van der Waals surface area contributed by atoms with Gasteiger partial charge in [0, 0.05) is 12.5 Å². The monoisotopic (exact) mass is 170 g/mol. The molecule has 2 atom stereocenters. The molecule has 2 unspecified atom stereocenters. The van der Waals surface area contributed by atoms with E-state index in [-0.39, 0.29) is 11.3 Å². The Hall–Kier alpha value is -0.370. The van der Waals surface area contributed by atoms with E-state index in [1.54, 1.807) is 0 Å². The van der Waals surface area contributed by atoms with E-state index in [0.717, 1.165) is 25.9 Å². The largest absolute Gasteiger partial charge is 0.381 e. The predicted octanol–water partition coefficient (Wildman–Crippen LogP) is 1.88. The fourth-order valence-corrected chi connectivity index (χ4v) is 1.73. The molecule has 0 aliphatic heterocycles. The number of hydrogen-bond donors (Lipinski definition) is 0. The summed E-state index contributed by atoms with van der Waals surface area (Å²) in [7, 11) is 0. The summed E-state index contributed by atoms with van der Waals surface area (Å²) >= 11 is 0. The lowest BCUT2D eigenvalue weighted by molar-refractivity contribution is -0.109. The van der Waals surface area contributed by atoms with Gasteiger partial charge in [-0.3, -0.25) is 0 Å². The average molecular weight is 170 g/mol. The molecule has 1 rings (SSSR count). The lowest BCUT2D eigenvalue weighted by Crippen LogP contribution is -2.01. The fraction of sp³-hybridized carbons (Fsp3) is 0.900. The molecule has 0 aromatic carbocycles. The number of ether oxygens (including phenoxy) is 1. The maximum absolute atomic E-state index is 10.6. The minimum atomic E-state index is 0.190. The van der Waals surface area contributed by atoms with Crippen molar-refractivity contribution in [2.75, 3.05) is 13.2 Å². The summed E-state index contributed by atoms with van der Waals surface area (Å²) in [5.41, 5.74) is 0.190. The first-order valence-corrected chi connectivity index (χ1v) is 4.67. The van der Waals surface area contributed by atoms with Crippen LogP contribution in [-0.4, -0.2) is 19.5 Å². The standard InChI is InChI=1S/C10H18O2/c1-4-5-12-7-9-8(6-11)10(9,2)3/h6,8-9H,4-5,7H2,1-3H3. The van der Waals surface area contributed by atoms with Crippen molar-refractivity contribution in [2.45, 2.75) is 27.2 Å². The summed E-state index contributed by atoms with van der Waals surface area (Å²) in [5.74, 6) is 0.691. The van der Waals surface area contributed by atoms with Gasteiger partial charge in [0.15, 0.2) is 0 Å². The normalized spacial score (nSPS) is 31.6. The minimum Gasteiger partial charge on any atom is -0.381 e. The Morgan fingerprint density at radius 3 is 2.58 bits per heavy atom. The van der Waals surface area contributed by atoms with Crippen LogP contribution in [0.5, 0.6) is 0 Å². The smallest absolute Gasteiger partial charge is 0.124 e. The van der Waals surface area contributed by atoms with Crippen molar-refractivity contribution in [3.63, 3.8) is 0 Å². The molecule has 2 heteroatoms. The Kier molecular flexibility index (Phi) is 2.89. The van der Waals surface area contributed by atoms with Gasteiger partial charge < -0.3 is 9.53 Å². The number of rotatable bonds is 5. The maximum atomic E-state index is 10.6. The molecule has 0 spiro atoms. The van der Waals surface area contributed by atoms with Gasteiger partial charge in [0.2, 0.25) is 0 Å². The first-order valence-electron chi connectivity index (χ1n) is 4.67. The van der Waals surface area contributed by atoms with Crippen LogP contribution in [0.1, 0.15) is 27.2 Å². The number of aldehydes is 1. The molecule has 0 aromatic heterocycles. The highest BCUT2D eigenvalue weighted by Crippen LogP contribution is 2.56. The third-order valence-corrected chi connectivity index (χ3v) is 2.93. The quantitative estimate of drug-likeness (QED) is 0.465. The van der Waals surface area contributed by atoms with Gasteiger partial charge in [-0.2, -0.15) is 0 Å². The zero-order valence-electron chi connectivity index (χ0n) is 8.17. The predicted molar refractivity (Wildman–Crippen MR) is 47.9 cm³/mol. The van der Waals surface area contributed by atoms with Gasteiger partial charge in [-0.05, 0) is 17.8 Å². The molecule has 0 amide bonds. The van der Waals surface area contributed by atoms with E-state index >= 15 is 0 Å². The number of carbonyl (C=O) groups excluding carboxylic acids is 1. The number of carbonyl (C=O) groups is 1. The molecular weight excluding hydrogens is 152 g/mol. The molecule has 0 N–H and O–H groups in total. The summed E-state index contributed by atoms with van der Waals surface area (Å²) < 4.78 is 5.42. The van der Waals surface area contributed by atoms with E-state index in [0.29, 0.717) is 5.92 Å². The van der Waals surface area contributed by atoms with Gasteiger partial charge in [0.05, 0.1) is 6.61 Å². The van der Waals surface area contributed by atoms with Crippen LogP contribution in [0.2, 0.25) is 0 Å². The first kappa shape index (κ1) is 9.72. The lowest BCUT2D eigenvalue weighted by atomic mass is 10.1. The summed E-state index contributed by atoms with van der Waals surface area (Å²) in [4.78, 5) is 10.6. The second-order valence-corrected chi connectivity index (χ2v) is 4.16. The zero-order chi connectivity index (χ0) is 9.19. The van der Waals surface area contributed by atoms with Crippen molar-refractivity contribution in [1.82, 2.24) is 0 Å². The van der Waals surface area contributed by atoms with E-state index in [1.165, 1.54) is 0 Å². The molecule has 0 bridgehead atoms. The molecule has 1 aliphatic rings. The van der Waals surface area contributed by atoms with Crippen molar-refractivity contribution >= 4 is 6.29 Å². The van der Waals surface area contributed by atoms with E-state index in [9.17, 15) is 4.79 Å². The molecule has 0 aromatic rings. The third kappa shape index (κ3) is 1.69. The summed E-state index contributed by atoms with van der Waals surface area (Å²) in [6.07, 6.45) is 2.12. The van der Waals surface area contributed by atoms with Gasteiger partial charge >= 0.3 is 0 Å². The molecule has 1 aliphatic carbocycles. The van der Waals surface area contributed by atoms with E-state index in [2.05, 4.69) is 20.8 Å². The second kappa shape index (κ2) is 3.56. The third-order valence-electron chi connectivity index (χ3n) is 2.93. The fourth-order valence-electron chi connectivity index (χ4n) is 1.73. The van der Waals surface area contributed by atoms with Crippen molar-refractivity contribution < 1.29 is 9.53 Å². The lowest BCUT2D eigenvalue weighted by Gasteiger charge is -2.02. The zero-order valence-corrected chi connectivity index (χ0v) is 8.17. The van der Waals surface area contributed by atoms with Gasteiger partial charge in [-0.25, -0.2) is 0 Å². The molecule has 70 valence electrons. The van der Waals surface area contributed by atoms with Crippen LogP contribution in [0.4, 0.5) is 0 Å². The van der Waals surface area contributed by atoms with Crippen LogP contribution < -0.4 is 0 Å². The molecule has 0 saturated heterocycles. The minimum absolute atomic E-state index is 0.190. The average Bonchev–Trinajstić information content (AvgIpc) is 2.54. The van der Waals surface area contributed by atoms with Crippen LogP contribution in [-0.2, 0) is 9.53 Å². The Bertz CT molecular complexity index is 163. The van der Waals surface area contributed by atoms with Gasteiger partial charge in [0.25, 0.3) is 0 Å². The Morgan fingerprint density at radius 2 is 2.17 bits per heavy atom. The second-order valence-electron chi connectivity index (χ2n) is 4.16. The van der Waals surface area contributed by atoms with Crippen molar-refractivity contribution in [1.29, 1.82) is 0 Å².